The number of alkyl halides is 3. The fourth-order valence-corrected chi connectivity index (χ4v) is 2.90. The summed E-state index contributed by atoms with van der Waals surface area (Å²) in [6.45, 7) is 4.25. The van der Waals surface area contributed by atoms with E-state index in [9.17, 15) is 13.2 Å². The molecule has 152 valence electrons. The summed E-state index contributed by atoms with van der Waals surface area (Å²) in [7, 11) is 0. The summed E-state index contributed by atoms with van der Waals surface area (Å²) in [6, 6.07) is 14.1. The molecule has 1 aromatic heterocycles. The number of nitrogens with one attached hydrogen (secondary N) is 2. The van der Waals surface area contributed by atoms with Gasteiger partial charge in [0, 0.05) is 22.6 Å². The zero-order valence-corrected chi connectivity index (χ0v) is 16.6. The van der Waals surface area contributed by atoms with E-state index in [4.69, 9.17) is 11.6 Å². The fourth-order valence-electron chi connectivity index (χ4n) is 2.71. The van der Waals surface area contributed by atoms with Crippen LogP contribution >= 0.6 is 11.6 Å². The fraction of sp³-hybridized carbons (Fsp3) is 0.238. The lowest BCUT2D eigenvalue weighted by molar-refractivity contribution is -0.137. The van der Waals surface area contributed by atoms with Crippen molar-refractivity contribution in [1.82, 2.24) is 9.97 Å². The molecule has 2 aromatic carbocycles. The topological polar surface area (TPSA) is 49.8 Å². The normalized spacial score (nSPS) is 12.5. The number of benzene rings is 2. The first-order valence-electron chi connectivity index (χ1n) is 9.10. The van der Waals surface area contributed by atoms with Crippen molar-refractivity contribution < 1.29 is 13.2 Å². The second-order valence-corrected chi connectivity index (χ2v) is 7.08. The van der Waals surface area contributed by atoms with Crippen LogP contribution in [0.1, 0.15) is 37.3 Å². The van der Waals surface area contributed by atoms with Gasteiger partial charge in [-0.3, -0.25) is 0 Å². The Balaban J connectivity index is 1.88. The van der Waals surface area contributed by atoms with Crippen LogP contribution in [0.5, 0.6) is 0 Å². The van der Waals surface area contributed by atoms with Gasteiger partial charge in [0.25, 0.3) is 0 Å². The Morgan fingerprint density at radius 1 is 1.03 bits per heavy atom. The van der Waals surface area contributed by atoms with E-state index >= 15 is 0 Å². The first-order chi connectivity index (χ1) is 13.8. The summed E-state index contributed by atoms with van der Waals surface area (Å²) in [4.78, 5) is 7.86. The number of aromatic nitrogens is 2. The Morgan fingerprint density at radius 3 is 2.38 bits per heavy atom. The molecule has 1 unspecified atom stereocenters. The Kier molecular flexibility index (Phi) is 6.27. The summed E-state index contributed by atoms with van der Waals surface area (Å²) >= 11 is 5.92. The summed E-state index contributed by atoms with van der Waals surface area (Å²) in [6.07, 6.45) is -2.82. The second-order valence-electron chi connectivity index (χ2n) is 6.65. The number of nitrogens with zero attached hydrogens (tertiary/aromatic N) is 2. The monoisotopic (exact) mass is 420 g/mol. The molecule has 0 aliphatic rings. The maximum atomic E-state index is 13.4. The standard InChI is InChI=1S/C21H20ClF3N4/c1-3-13(2)14-7-9-16(10-8-14)28-20-26-12-18(21(23,24)25)19(29-20)27-17-6-4-5-15(22)11-17/h4-13H,3H2,1-2H3,(H2,26,27,28,29). The molecule has 0 saturated heterocycles. The molecule has 8 heteroatoms. The molecular weight excluding hydrogens is 401 g/mol. The van der Waals surface area contributed by atoms with Crippen molar-refractivity contribution in [2.45, 2.75) is 32.4 Å². The molecule has 29 heavy (non-hydrogen) atoms. The molecule has 2 N–H and O–H groups in total. The third-order valence-corrected chi connectivity index (χ3v) is 4.76. The third-order valence-electron chi connectivity index (χ3n) is 4.53. The molecule has 4 nitrogen and oxygen atoms in total. The van der Waals surface area contributed by atoms with Gasteiger partial charge in [0.2, 0.25) is 5.95 Å². The van der Waals surface area contributed by atoms with Crippen LogP contribution in [0.15, 0.2) is 54.7 Å². The van der Waals surface area contributed by atoms with Crippen molar-refractivity contribution in [3.8, 4) is 0 Å². The lowest BCUT2D eigenvalue weighted by atomic mass is 9.99. The van der Waals surface area contributed by atoms with Gasteiger partial charge in [-0.15, -0.1) is 0 Å². The first-order valence-corrected chi connectivity index (χ1v) is 9.48. The van der Waals surface area contributed by atoms with Gasteiger partial charge in [-0.2, -0.15) is 18.2 Å². The molecule has 3 aromatic rings. The lowest BCUT2D eigenvalue weighted by Gasteiger charge is -2.15. The third kappa shape index (κ3) is 5.38. The molecule has 0 bridgehead atoms. The quantitative estimate of drug-likeness (QED) is 0.444. The van der Waals surface area contributed by atoms with Crippen molar-refractivity contribution in [3.05, 3.63) is 70.9 Å². The van der Waals surface area contributed by atoms with Crippen LogP contribution in [0.2, 0.25) is 5.02 Å². The minimum atomic E-state index is -4.60. The van der Waals surface area contributed by atoms with Crippen LogP contribution in [-0.2, 0) is 6.18 Å². The Morgan fingerprint density at radius 2 is 1.76 bits per heavy atom. The van der Waals surface area contributed by atoms with Crippen molar-refractivity contribution in [3.63, 3.8) is 0 Å². The number of anilines is 4. The maximum absolute atomic E-state index is 13.4. The van der Waals surface area contributed by atoms with Gasteiger partial charge in [-0.25, -0.2) is 4.98 Å². The van der Waals surface area contributed by atoms with E-state index in [0.29, 0.717) is 22.3 Å². The van der Waals surface area contributed by atoms with Gasteiger partial charge >= 0.3 is 6.18 Å². The molecule has 0 amide bonds. The lowest BCUT2D eigenvalue weighted by Crippen LogP contribution is -2.12. The number of rotatable bonds is 6. The molecule has 0 spiro atoms. The van der Waals surface area contributed by atoms with E-state index < -0.39 is 11.7 Å². The van der Waals surface area contributed by atoms with Crippen molar-refractivity contribution in [2.75, 3.05) is 10.6 Å². The van der Waals surface area contributed by atoms with Gasteiger partial charge < -0.3 is 10.6 Å². The molecular formula is C21H20ClF3N4. The average molecular weight is 421 g/mol. The molecule has 1 heterocycles. The number of hydrogen-bond donors (Lipinski definition) is 2. The van der Waals surface area contributed by atoms with Crippen LogP contribution in [0.3, 0.4) is 0 Å². The van der Waals surface area contributed by atoms with E-state index in [-0.39, 0.29) is 11.8 Å². The smallest absolute Gasteiger partial charge is 0.340 e. The Bertz CT molecular complexity index is 974. The van der Waals surface area contributed by atoms with Gasteiger partial charge in [-0.05, 0) is 48.2 Å². The van der Waals surface area contributed by atoms with Crippen molar-refractivity contribution in [2.24, 2.45) is 0 Å². The van der Waals surface area contributed by atoms with Gasteiger partial charge in [0.05, 0.1) is 0 Å². The highest BCUT2D eigenvalue weighted by Gasteiger charge is 2.35. The molecule has 0 saturated carbocycles. The van der Waals surface area contributed by atoms with Crippen LogP contribution in [0.4, 0.5) is 36.3 Å². The number of hydrogen-bond acceptors (Lipinski definition) is 4. The predicted octanol–water partition coefficient (Wildman–Crippen LogP) is 7.15. The molecule has 0 aliphatic carbocycles. The highest BCUT2D eigenvalue weighted by atomic mass is 35.5. The predicted molar refractivity (Wildman–Crippen MR) is 110 cm³/mol. The maximum Gasteiger partial charge on any atom is 0.421 e. The zero-order valence-electron chi connectivity index (χ0n) is 15.9. The molecule has 0 radical (unpaired) electrons. The summed E-state index contributed by atoms with van der Waals surface area (Å²) < 4.78 is 40.1. The van der Waals surface area contributed by atoms with E-state index in [2.05, 4.69) is 34.4 Å². The molecule has 1 atom stereocenters. The summed E-state index contributed by atoms with van der Waals surface area (Å²) in [5, 5.41) is 6.03. The summed E-state index contributed by atoms with van der Waals surface area (Å²) in [5.41, 5.74) is 1.31. The Labute approximate surface area is 172 Å². The van der Waals surface area contributed by atoms with Crippen LogP contribution < -0.4 is 10.6 Å². The first kappa shape index (κ1) is 20.9. The van der Waals surface area contributed by atoms with E-state index in [1.165, 1.54) is 11.6 Å². The molecule has 0 aliphatic heterocycles. The van der Waals surface area contributed by atoms with Crippen LogP contribution in [-0.4, -0.2) is 9.97 Å². The second kappa shape index (κ2) is 8.69. The van der Waals surface area contributed by atoms with Gasteiger partial charge in [0.15, 0.2) is 0 Å². The SMILES string of the molecule is CCC(C)c1ccc(Nc2ncc(C(F)(F)F)c(Nc3cccc(Cl)c3)n2)cc1. The van der Waals surface area contributed by atoms with E-state index in [0.717, 1.165) is 12.6 Å². The Hall–Kier alpha value is -2.80. The molecule has 3 rings (SSSR count). The van der Waals surface area contributed by atoms with E-state index in [1.807, 2.05) is 24.3 Å². The van der Waals surface area contributed by atoms with Crippen molar-refractivity contribution >= 4 is 34.7 Å². The minimum Gasteiger partial charge on any atom is -0.340 e. The highest BCUT2D eigenvalue weighted by Crippen LogP contribution is 2.35. The van der Waals surface area contributed by atoms with Crippen LogP contribution in [0, 0.1) is 0 Å². The van der Waals surface area contributed by atoms with Gasteiger partial charge in [0.1, 0.15) is 11.4 Å². The zero-order chi connectivity index (χ0) is 21.0. The van der Waals surface area contributed by atoms with Crippen LogP contribution in [0.25, 0.3) is 0 Å². The average Bonchev–Trinajstić information content (AvgIpc) is 2.67. The highest BCUT2D eigenvalue weighted by molar-refractivity contribution is 6.30. The van der Waals surface area contributed by atoms with Crippen molar-refractivity contribution in [1.29, 1.82) is 0 Å². The largest absolute Gasteiger partial charge is 0.421 e. The minimum absolute atomic E-state index is 0.0545. The summed E-state index contributed by atoms with van der Waals surface area (Å²) in [5.74, 6) is 0.132. The molecule has 0 fully saturated rings. The van der Waals surface area contributed by atoms with E-state index in [1.54, 1.807) is 18.2 Å². The number of halogens is 4. The van der Waals surface area contributed by atoms with Gasteiger partial charge in [-0.1, -0.05) is 43.6 Å².